The zero-order valence-corrected chi connectivity index (χ0v) is 9.50. The number of piperidine rings is 1. The van der Waals surface area contributed by atoms with Crippen molar-refractivity contribution >= 4 is 21.6 Å². The maximum atomic E-state index is 3.55. The van der Waals surface area contributed by atoms with Crippen molar-refractivity contribution in [3.8, 4) is 0 Å². The van der Waals surface area contributed by atoms with E-state index in [1.54, 1.807) is 5.56 Å². The lowest BCUT2D eigenvalue weighted by Crippen LogP contribution is -2.28. The predicted octanol–water partition coefficient (Wildman–Crippen LogP) is 2.83. The lowest BCUT2D eigenvalue weighted by molar-refractivity contribution is 0.627. The second kappa shape index (κ2) is 2.35. The normalized spacial score (nSPS) is 36.6. The van der Waals surface area contributed by atoms with Crippen LogP contribution in [0.1, 0.15) is 12.0 Å². The molecule has 4 rings (SSSR count). The molecular formula is C12H12BrN. The Bertz CT molecular complexity index is 415. The molecule has 14 heavy (non-hydrogen) atoms. The van der Waals surface area contributed by atoms with Crippen molar-refractivity contribution in [3.05, 3.63) is 28.2 Å². The van der Waals surface area contributed by atoms with E-state index in [0.717, 1.165) is 17.9 Å². The Kier molecular flexibility index (Phi) is 1.30. The first-order chi connectivity index (χ1) is 6.83. The summed E-state index contributed by atoms with van der Waals surface area (Å²) < 4.78 is 1.23. The first-order valence-electron chi connectivity index (χ1n) is 5.38. The van der Waals surface area contributed by atoms with Gasteiger partial charge in [0.05, 0.1) is 0 Å². The summed E-state index contributed by atoms with van der Waals surface area (Å²) in [5.74, 6) is 2.07. The molecule has 3 aliphatic rings. The molecule has 1 saturated heterocycles. The van der Waals surface area contributed by atoms with Crippen LogP contribution < -0.4 is 4.90 Å². The molecule has 0 bridgehead atoms. The number of fused-ring (bicyclic) bond motifs is 5. The summed E-state index contributed by atoms with van der Waals surface area (Å²) in [4.78, 5) is 2.64. The van der Waals surface area contributed by atoms with Gasteiger partial charge in [0.1, 0.15) is 0 Å². The maximum Gasteiger partial charge on any atom is 0.0403 e. The molecule has 3 unspecified atom stereocenters. The third-order valence-corrected chi connectivity index (χ3v) is 4.58. The lowest BCUT2D eigenvalue weighted by atomic mass is 10.1. The molecule has 3 atom stereocenters. The van der Waals surface area contributed by atoms with Crippen molar-refractivity contribution < 1.29 is 0 Å². The molecule has 2 heterocycles. The first-order valence-corrected chi connectivity index (χ1v) is 6.17. The van der Waals surface area contributed by atoms with E-state index in [-0.39, 0.29) is 0 Å². The fourth-order valence-corrected chi connectivity index (χ4v) is 3.74. The smallest absolute Gasteiger partial charge is 0.0403 e. The van der Waals surface area contributed by atoms with E-state index in [0.29, 0.717) is 0 Å². The Morgan fingerprint density at radius 1 is 1.36 bits per heavy atom. The van der Waals surface area contributed by atoms with Crippen LogP contribution in [0, 0.1) is 11.8 Å². The van der Waals surface area contributed by atoms with E-state index in [1.165, 1.54) is 29.5 Å². The van der Waals surface area contributed by atoms with Crippen molar-refractivity contribution in [2.24, 2.45) is 11.8 Å². The highest BCUT2D eigenvalue weighted by Gasteiger charge is 2.54. The highest BCUT2D eigenvalue weighted by atomic mass is 79.9. The molecule has 0 N–H and O–H groups in total. The minimum absolute atomic E-state index is 0.851. The zero-order chi connectivity index (χ0) is 9.28. The quantitative estimate of drug-likeness (QED) is 0.684. The molecule has 0 spiro atoms. The summed E-state index contributed by atoms with van der Waals surface area (Å²) in [6.45, 7) is 1.32. The fraction of sp³-hybridized carbons (Fsp3) is 0.500. The van der Waals surface area contributed by atoms with Gasteiger partial charge in [-0.3, -0.25) is 0 Å². The Hall–Kier alpha value is -0.500. The van der Waals surface area contributed by atoms with Gasteiger partial charge in [-0.05, 0) is 48.4 Å². The Balaban J connectivity index is 1.82. The number of rotatable bonds is 0. The van der Waals surface area contributed by atoms with E-state index < -0.39 is 0 Å². The van der Waals surface area contributed by atoms with Gasteiger partial charge in [-0.25, -0.2) is 0 Å². The summed E-state index contributed by atoms with van der Waals surface area (Å²) >= 11 is 3.55. The van der Waals surface area contributed by atoms with Gasteiger partial charge in [-0.2, -0.15) is 0 Å². The molecule has 72 valence electrons. The van der Waals surface area contributed by atoms with Crippen molar-refractivity contribution in [1.82, 2.24) is 0 Å². The lowest BCUT2D eigenvalue weighted by Gasteiger charge is -2.21. The minimum Gasteiger partial charge on any atom is -0.367 e. The van der Waals surface area contributed by atoms with Crippen LogP contribution >= 0.6 is 15.9 Å². The van der Waals surface area contributed by atoms with Gasteiger partial charge in [-0.1, -0.05) is 15.9 Å². The van der Waals surface area contributed by atoms with Crippen LogP contribution in [0.15, 0.2) is 22.7 Å². The van der Waals surface area contributed by atoms with Gasteiger partial charge in [0.2, 0.25) is 0 Å². The largest absolute Gasteiger partial charge is 0.367 e. The average Bonchev–Trinajstić information content (AvgIpc) is 2.70. The zero-order valence-electron chi connectivity index (χ0n) is 7.91. The monoisotopic (exact) mass is 249 g/mol. The molecule has 0 amide bonds. The van der Waals surface area contributed by atoms with Crippen LogP contribution in [-0.2, 0) is 6.42 Å². The van der Waals surface area contributed by atoms with Crippen LogP contribution in [0.2, 0.25) is 0 Å². The van der Waals surface area contributed by atoms with Crippen LogP contribution in [-0.4, -0.2) is 12.6 Å². The first kappa shape index (κ1) is 7.75. The number of hydrogen-bond acceptors (Lipinski definition) is 1. The average molecular weight is 250 g/mol. The predicted molar refractivity (Wildman–Crippen MR) is 60.6 cm³/mol. The molecule has 2 aliphatic heterocycles. The van der Waals surface area contributed by atoms with E-state index in [9.17, 15) is 0 Å². The summed E-state index contributed by atoms with van der Waals surface area (Å²) in [6, 6.07) is 7.60. The number of anilines is 1. The molecular weight excluding hydrogens is 238 g/mol. The van der Waals surface area contributed by atoms with Crippen molar-refractivity contribution in [3.63, 3.8) is 0 Å². The van der Waals surface area contributed by atoms with Gasteiger partial charge >= 0.3 is 0 Å². The number of halogens is 1. The summed E-state index contributed by atoms with van der Waals surface area (Å²) in [6.07, 6.45) is 2.78. The highest BCUT2D eigenvalue weighted by molar-refractivity contribution is 9.10. The van der Waals surface area contributed by atoms with E-state index in [2.05, 4.69) is 39.0 Å². The molecule has 1 nitrogen and oxygen atoms in total. The second-order valence-corrected chi connectivity index (χ2v) is 5.77. The third-order valence-electron chi connectivity index (χ3n) is 4.08. The van der Waals surface area contributed by atoms with Crippen LogP contribution in [0.3, 0.4) is 0 Å². The van der Waals surface area contributed by atoms with Gasteiger partial charge < -0.3 is 4.90 Å². The Labute approximate surface area is 92.2 Å². The van der Waals surface area contributed by atoms with Crippen LogP contribution in [0.4, 0.5) is 5.69 Å². The summed E-state index contributed by atoms with van der Waals surface area (Å²) in [5.41, 5.74) is 3.06. The van der Waals surface area contributed by atoms with E-state index in [1.807, 2.05) is 0 Å². The Morgan fingerprint density at radius 2 is 2.29 bits per heavy atom. The van der Waals surface area contributed by atoms with Gasteiger partial charge in [0, 0.05) is 22.7 Å². The maximum absolute atomic E-state index is 3.55. The van der Waals surface area contributed by atoms with Crippen LogP contribution in [0.25, 0.3) is 0 Å². The third kappa shape index (κ3) is 0.855. The molecule has 1 saturated carbocycles. The number of hydrogen-bond donors (Lipinski definition) is 0. The molecule has 0 radical (unpaired) electrons. The van der Waals surface area contributed by atoms with Crippen LogP contribution in [0.5, 0.6) is 0 Å². The summed E-state index contributed by atoms with van der Waals surface area (Å²) in [7, 11) is 0. The number of benzene rings is 1. The topological polar surface area (TPSA) is 3.24 Å². The second-order valence-electron chi connectivity index (χ2n) is 4.86. The minimum atomic E-state index is 0.851. The van der Waals surface area contributed by atoms with E-state index in [4.69, 9.17) is 0 Å². The number of nitrogens with zero attached hydrogens (tertiary/aromatic N) is 1. The van der Waals surface area contributed by atoms with Gasteiger partial charge in [-0.15, -0.1) is 0 Å². The van der Waals surface area contributed by atoms with Gasteiger partial charge in [0.15, 0.2) is 0 Å². The van der Waals surface area contributed by atoms with Crippen molar-refractivity contribution in [2.75, 3.05) is 11.4 Å². The van der Waals surface area contributed by atoms with Crippen molar-refractivity contribution in [1.29, 1.82) is 0 Å². The molecule has 1 aliphatic carbocycles. The van der Waals surface area contributed by atoms with E-state index >= 15 is 0 Å². The standard InChI is InChI=1S/C12H12BrN/c13-9-1-2-11-7(3-9)5-12-10-4-8(10)6-14(11)12/h1-3,8,10,12H,4-6H2. The molecule has 1 aromatic rings. The molecule has 1 aromatic carbocycles. The summed E-state index contributed by atoms with van der Waals surface area (Å²) in [5, 5.41) is 0. The molecule has 2 fully saturated rings. The molecule has 2 heteroatoms. The fourth-order valence-electron chi connectivity index (χ4n) is 3.33. The Morgan fingerprint density at radius 3 is 3.21 bits per heavy atom. The van der Waals surface area contributed by atoms with Crippen molar-refractivity contribution in [2.45, 2.75) is 18.9 Å². The van der Waals surface area contributed by atoms with Gasteiger partial charge in [0.25, 0.3) is 0 Å². The highest BCUT2D eigenvalue weighted by Crippen LogP contribution is 2.55. The SMILES string of the molecule is Brc1ccc2c(c1)CC1C3CC3CN21. The molecule has 0 aromatic heterocycles.